The molecular weight excluding hydrogens is 368 g/mol. The van der Waals surface area contributed by atoms with Gasteiger partial charge in [0, 0.05) is 24.7 Å². The molecule has 0 aliphatic carbocycles. The zero-order chi connectivity index (χ0) is 18.8. The minimum Gasteiger partial charge on any atom is -0.507 e. The van der Waals surface area contributed by atoms with Crippen LogP contribution in [0.1, 0.15) is 26.4 Å². The number of aromatic hydroxyl groups is 1. The number of morpholine rings is 1. The van der Waals surface area contributed by atoms with Crippen LogP contribution < -0.4 is 4.90 Å². The molecule has 0 bridgehead atoms. The van der Waals surface area contributed by atoms with Crippen molar-refractivity contribution in [1.82, 2.24) is 14.8 Å². The third-order valence-electron chi connectivity index (χ3n) is 4.19. The van der Waals surface area contributed by atoms with Gasteiger partial charge in [0.25, 0.3) is 5.91 Å². The normalized spacial score (nSPS) is 14.3. The van der Waals surface area contributed by atoms with Gasteiger partial charge in [0.05, 0.1) is 30.5 Å². The predicted octanol–water partition coefficient (Wildman–Crippen LogP) is 1.80. The first kappa shape index (κ1) is 17.4. The molecule has 4 rings (SSSR count). The zero-order valence-corrected chi connectivity index (χ0v) is 15.1. The largest absolute Gasteiger partial charge is 0.507 e. The van der Waals surface area contributed by atoms with Gasteiger partial charge in [0.2, 0.25) is 0 Å². The molecule has 1 aliphatic heterocycles. The third-order valence-corrected chi connectivity index (χ3v) is 5.10. The molecule has 138 valence electrons. The number of ether oxygens (including phenoxy) is 1. The Morgan fingerprint density at radius 1 is 1.19 bits per heavy atom. The smallest absolute Gasteiger partial charge is 0.297 e. The van der Waals surface area contributed by atoms with Gasteiger partial charge in [0.15, 0.2) is 10.9 Å². The van der Waals surface area contributed by atoms with Gasteiger partial charge >= 0.3 is 0 Å². The molecule has 1 saturated heterocycles. The Morgan fingerprint density at radius 2 is 1.96 bits per heavy atom. The van der Waals surface area contributed by atoms with Gasteiger partial charge in [-0.2, -0.15) is 5.10 Å². The maximum absolute atomic E-state index is 12.6. The molecule has 3 heterocycles. The molecule has 3 aromatic rings. The standard InChI is InChI=1S/C18H16N4O4S/c23-15-4-2-1-3-13(15)16(24)12-9-19-22(10-12)17(25)14-11-27-18(20-14)21-5-7-26-8-6-21/h1-4,9-11,23H,5-8H2. The van der Waals surface area contributed by atoms with E-state index in [0.717, 1.165) is 22.9 Å². The number of hydrogen-bond donors (Lipinski definition) is 1. The van der Waals surface area contributed by atoms with Gasteiger partial charge in [-0.25, -0.2) is 9.67 Å². The predicted molar refractivity (Wildman–Crippen MR) is 98.6 cm³/mol. The van der Waals surface area contributed by atoms with Crippen LogP contribution in [0.5, 0.6) is 5.75 Å². The minimum atomic E-state index is -0.415. The van der Waals surface area contributed by atoms with E-state index >= 15 is 0 Å². The quantitative estimate of drug-likeness (QED) is 0.685. The molecule has 1 N–H and O–H groups in total. The molecule has 0 spiro atoms. The minimum absolute atomic E-state index is 0.115. The molecule has 1 aliphatic rings. The Hall–Kier alpha value is -3.04. The van der Waals surface area contributed by atoms with E-state index in [1.165, 1.54) is 35.9 Å². The average Bonchev–Trinajstić information content (AvgIpc) is 3.38. The number of phenols is 1. The van der Waals surface area contributed by atoms with E-state index in [0.29, 0.717) is 13.2 Å². The highest BCUT2D eigenvalue weighted by molar-refractivity contribution is 7.13. The SMILES string of the molecule is O=C(c1cnn(C(=O)c2csc(N3CCOCC3)n2)c1)c1ccccc1O. The number of anilines is 1. The van der Waals surface area contributed by atoms with Crippen LogP contribution in [0.2, 0.25) is 0 Å². The number of benzene rings is 1. The number of carbonyl (C=O) groups is 2. The van der Waals surface area contributed by atoms with Crippen molar-refractivity contribution in [2.75, 3.05) is 31.2 Å². The highest BCUT2D eigenvalue weighted by Gasteiger charge is 2.21. The number of nitrogens with zero attached hydrogens (tertiary/aromatic N) is 4. The fourth-order valence-electron chi connectivity index (χ4n) is 2.75. The summed E-state index contributed by atoms with van der Waals surface area (Å²) >= 11 is 1.39. The van der Waals surface area contributed by atoms with Gasteiger partial charge in [-0.3, -0.25) is 9.59 Å². The van der Waals surface area contributed by atoms with Crippen molar-refractivity contribution >= 4 is 28.2 Å². The second kappa shape index (κ2) is 7.29. The third kappa shape index (κ3) is 3.46. The second-order valence-electron chi connectivity index (χ2n) is 5.94. The molecule has 1 fully saturated rings. The highest BCUT2D eigenvalue weighted by Crippen LogP contribution is 2.23. The topological polar surface area (TPSA) is 97.6 Å². The first-order valence-corrected chi connectivity index (χ1v) is 9.22. The van der Waals surface area contributed by atoms with Crippen LogP contribution in [0.15, 0.2) is 42.0 Å². The summed E-state index contributed by atoms with van der Waals surface area (Å²) in [5, 5.41) is 16.3. The number of carbonyl (C=O) groups excluding carboxylic acids is 2. The van der Waals surface area contributed by atoms with E-state index in [1.54, 1.807) is 17.5 Å². The van der Waals surface area contributed by atoms with E-state index in [-0.39, 0.29) is 22.6 Å². The van der Waals surface area contributed by atoms with Gasteiger partial charge in [0.1, 0.15) is 11.4 Å². The monoisotopic (exact) mass is 384 g/mol. The van der Waals surface area contributed by atoms with Gasteiger partial charge < -0.3 is 14.7 Å². The van der Waals surface area contributed by atoms with Crippen LogP contribution in [0.4, 0.5) is 5.13 Å². The maximum Gasteiger partial charge on any atom is 0.297 e. The number of hydrogen-bond acceptors (Lipinski definition) is 8. The summed E-state index contributed by atoms with van der Waals surface area (Å²) in [6.07, 6.45) is 2.66. The zero-order valence-electron chi connectivity index (χ0n) is 14.2. The van der Waals surface area contributed by atoms with Gasteiger partial charge in [-0.05, 0) is 12.1 Å². The summed E-state index contributed by atoms with van der Waals surface area (Å²) in [7, 11) is 0. The Bertz CT molecular complexity index is 991. The number of phenolic OH excluding ortho intramolecular Hbond substituents is 1. The van der Waals surface area contributed by atoms with Crippen molar-refractivity contribution in [3.8, 4) is 5.75 Å². The molecule has 2 aromatic heterocycles. The fraction of sp³-hybridized carbons (Fsp3) is 0.222. The Morgan fingerprint density at radius 3 is 2.74 bits per heavy atom. The lowest BCUT2D eigenvalue weighted by molar-refractivity contribution is 0.0940. The lowest BCUT2D eigenvalue weighted by atomic mass is 10.1. The van der Waals surface area contributed by atoms with Crippen LogP contribution in [0.25, 0.3) is 0 Å². The summed E-state index contributed by atoms with van der Waals surface area (Å²) in [6, 6.07) is 6.25. The number of ketones is 1. The highest BCUT2D eigenvalue weighted by atomic mass is 32.1. The summed E-state index contributed by atoms with van der Waals surface area (Å²) in [5.41, 5.74) is 0.646. The molecule has 27 heavy (non-hydrogen) atoms. The van der Waals surface area contributed by atoms with Crippen molar-refractivity contribution < 1.29 is 19.4 Å². The van der Waals surface area contributed by atoms with E-state index in [9.17, 15) is 14.7 Å². The van der Waals surface area contributed by atoms with Crippen molar-refractivity contribution in [2.24, 2.45) is 0 Å². The molecule has 0 unspecified atom stereocenters. The van der Waals surface area contributed by atoms with Crippen molar-refractivity contribution in [3.63, 3.8) is 0 Å². The first-order chi connectivity index (χ1) is 13.1. The van der Waals surface area contributed by atoms with E-state index in [1.807, 2.05) is 0 Å². The van der Waals surface area contributed by atoms with Gasteiger partial charge in [-0.15, -0.1) is 11.3 Å². The Balaban J connectivity index is 1.53. The number of rotatable bonds is 4. The molecule has 0 radical (unpaired) electrons. The van der Waals surface area contributed by atoms with Crippen LogP contribution in [0.3, 0.4) is 0 Å². The van der Waals surface area contributed by atoms with Crippen molar-refractivity contribution in [3.05, 3.63) is 58.9 Å². The van der Waals surface area contributed by atoms with Crippen LogP contribution in [-0.2, 0) is 4.74 Å². The number of thiazole rings is 1. The van der Waals surface area contributed by atoms with E-state index < -0.39 is 11.7 Å². The molecule has 0 atom stereocenters. The molecule has 0 saturated carbocycles. The lowest BCUT2D eigenvalue weighted by Crippen LogP contribution is -2.36. The molecule has 8 nitrogen and oxygen atoms in total. The fourth-order valence-corrected chi connectivity index (χ4v) is 3.61. The first-order valence-electron chi connectivity index (χ1n) is 8.34. The van der Waals surface area contributed by atoms with Crippen LogP contribution in [-0.4, -0.2) is 57.9 Å². The summed E-state index contributed by atoms with van der Waals surface area (Å²) < 4.78 is 6.41. The Labute approximate surface area is 158 Å². The number of aromatic nitrogens is 3. The second-order valence-corrected chi connectivity index (χ2v) is 6.78. The molecule has 9 heteroatoms. The lowest BCUT2D eigenvalue weighted by Gasteiger charge is -2.25. The van der Waals surface area contributed by atoms with Crippen molar-refractivity contribution in [1.29, 1.82) is 0 Å². The molecule has 0 amide bonds. The van der Waals surface area contributed by atoms with E-state index in [4.69, 9.17) is 4.74 Å². The maximum atomic E-state index is 12.6. The van der Waals surface area contributed by atoms with E-state index in [2.05, 4.69) is 15.0 Å². The number of para-hydroxylation sites is 1. The summed E-state index contributed by atoms with van der Waals surface area (Å²) in [6.45, 7) is 2.75. The molecule has 1 aromatic carbocycles. The van der Waals surface area contributed by atoms with Crippen molar-refractivity contribution in [2.45, 2.75) is 0 Å². The van der Waals surface area contributed by atoms with Crippen LogP contribution in [0, 0.1) is 0 Å². The Kier molecular flexibility index (Phi) is 4.69. The summed E-state index contributed by atoms with van der Waals surface area (Å²) in [5.74, 6) is -0.933. The average molecular weight is 384 g/mol. The van der Waals surface area contributed by atoms with Gasteiger partial charge in [-0.1, -0.05) is 12.1 Å². The van der Waals surface area contributed by atoms with Crippen LogP contribution >= 0.6 is 11.3 Å². The molecular formula is C18H16N4O4S. The summed E-state index contributed by atoms with van der Waals surface area (Å²) in [4.78, 5) is 31.6.